The molecular weight excluding hydrogens is 218 g/mol. The molecule has 100 valence electrons. The number of rotatable bonds is 3. The summed E-state index contributed by atoms with van der Waals surface area (Å²) in [4.78, 5) is 11.5. The van der Waals surface area contributed by atoms with Crippen molar-refractivity contribution >= 4 is 6.09 Å². The highest BCUT2D eigenvalue weighted by molar-refractivity contribution is 5.67. The summed E-state index contributed by atoms with van der Waals surface area (Å²) in [6.45, 7) is 8.37. The lowest BCUT2D eigenvalue weighted by Gasteiger charge is -2.24. The molecular formula is C12H25N3O2. The zero-order valence-electron chi connectivity index (χ0n) is 11.6. The Balaban J connectivity index is 2.22. The molecule has 1 amide bonds. The fourth-order valence-corrected chi connectivity index (χ4v) is 1.88. The van der Waals surface area contributed by atoms with Crippen LogP contribution in [-0.4, -0.2) is 55.4 Å². The fraction of sp³-hybridized carbons (Fsp3) is 0.917. The fourth-order valence-electron chi connectivity index (χ4n) is 1.88. The monoisotopic (exact) mass is 243 g/mol. The SMILES string of the molecule is CN(C)N1CCC(CNC(=O)OC(C)(C)C)C1. The van der Waals surface area contributed by atoms with Crippen LogP contribution in [0.4, 0.5) is 4.79 Å². The van der Waals surface area contributed by atoms with Crippen LogP contribution < -0.4 is 5.32 Å². The molecule has 1 saturated heterocycles. The zero-order valence-corrected chi connectivity index (χ0v) is 11.6. The molecule has 17 heavy (non-hydrogen) atoms. The van der Waals surface area contributed by atoms with E-state index in [0.717, 1.165) is 19.5 Å². The van der Waals surface area contributed by atoms with Crippen molar-refractivity contribution in [3.63, 3.8) is 0 Å². The van der Waals surface area contributed by atoms with Crippen LogP contribution in [0.2, 0.25) is 0 Å². The Hall–Kier alpha value is -0.810. The van der Waals surface area contributed by atoms with Crippen molar-refractivity contribution in [2.75, 3.05) is 33.7 Å². The van der Waals surface area contributed by atoms with Crippen LogP contribution in [-0.2, 0) is 4.74 Å². The molecule has 1 heterocycles. The maximum absolute atomic E-state index is 11.5. The van der Waals surface area contributed by atoms with Crippen LogP contribution in [0.25, 0.3) is 0 Å². The third-order valence-corrected chi connectivity index (χ3v) is 2.76. The van der Waals surface area contributed by atoms with Crippen molar-refractivity contribution in [1.29, 1.82) is 0 Å². The average Bonchev–Trinajstić information content (AvgIpc) is 2.60. The number of hydrogen-bond acceptors (Lipinski definition) is 4. The Morgan fingerprint density at radius 1 is 1.47 bits per heavy atom. The van der Waals surface area contributed by atoms with E-state index < -0.39 is 5.60 Å². The van der Waals surface area contributed by atoms with Gasteiger partial charge in [-0.3, -0.25) is 0 Å². The van der Waals surface area contributed by atoms with Crippen molar-refractivity contribution in [3.05, 3.63) is 0 Å². The number of carbonyl (C=O) groups is 1. The molecule has 0 saturated carbocycles. The van der Waals surface area contributed by atoms with Gasteiger partial charge in [0.1, 0.15) is 5.60 Å². The first kappa shape index (κ1) is 14.3. The van der Waals surface area contributed by atoms with Gasteiger partial charge in [-0.15, -0.1) is 0 Å². The minimum atomic E-state index is -0.421. The number of ether oxygens (including phenoxy) is 1. The minimum absolute atomic E-state index is 0.319. The first-order chi connectivity index (χ1) is 7.78. The van der Waals surface area contributed by atoms with E-state index in [1.54, 1.807) is 0 Å². The second-order valence-corrected chi connectivity index (χ2v) is 5.80. The highest BCUT2D eigenvalue weighted by Crippen LogP contribution is 2.16. The summed E-state index contributed by atoms with van der Waals surface area (Å²) in [6.07, 6.45) is 0.800. The molecule has 0 spiro atoms. The first-order valence-corrected chi connectivity index (χ1v) is 6.17. The summed E-state index contributed by atoms with van der Waals surface area (Å²) >= 11 is 0. The number of amides is 1. The highest BCUT2D eigenvalue weighted by atomic mass is 16.6. The smallest absolute Gasteiger partial charge is 0.407 e. The zero-order chi connectivity index (χ0) is 13.1. The Morgan fingerprint density at radius 3 is 2.59 bits per heavy atom. The number of nitrogens with one attached hydrogen (secondary N) is 1. The van der Waals surface area contributed by atoms with Gasteiger partial charge in [0.05, 0.1) is 0 Å². The normalized spacial score (nSPS) is 21.9. The summed E-state index contributed by atoms with van der Waals surface area (Å²) in [7, 11) is 4.09. The largest absolute Gasteiger partial charge is 0.444 e. The van der Waals surface area contributed by atoms with Gasteiger partial charge in [-0.1, -0.05) is 0 Å². The van der Waals surface area contributed by atoms with Crippen LogP contribution in [0.1, 0.15) is 27.2 Å². The summed E-state index contributed by atoms with van der Waals surface area (Å²) in [5, 5.41) is 7.22. The lowest BCUT2D eigenvalue weighted by atomic mass is 10.1. The number of carbonyl (C=O) groups excluding carboxylic acids is 1. The molecule has 0 aromatic rings. The van der Waals surface area contributed by atoms with E-state index in [1.807, 2.05) is 34.9 Å². The third kappa shape index (κ3) is 5.37. The lowest BCUT2D eigenvalue weighted by molar-refractivity contribution is 0.0455. The molecule has 1 unspecified atom stereocenters. The maximum atomic E-state index is 11.5. The van der Waals surface area contributed by atoms with E-state index in [9.17, 15) is 4.79 Å². The number of hydrazine groups is 1. The Morgan fingerprint density at radius 2 is 2.12 bits per heavy atom. The molecule has 5 heteroatoms. The molecule has 5 nitrogen and oxygen atoms in total. The molecule has 0 aromatic heterocycles. The topological polar surface area (TPSA) is 44.8 Å². The van der Waals surface area contributed by atoms with Crippen molar-refractivity contribution in [3.8, 4) is 0 Å². The maximum Gasteiger partial charge on any atom is 0.407 e. The van der Waals surface area contributed by atoms with Gasteiger partial charge < -0.3 is 10.1 Å². The number of nitrogens with zero attached hydrogens (tertiary/aromatic N) is 2. The van der Waals surface area contributed by atoms with E-state index in [-0.39, 0.29) is 6.09 Å². The molecule has 0 aromatic carbocycles. The van der Waals surface area contributed by atoms with Crippen LogP contribution in [0.5, 0.6) is 0 Å². The molecule has 1 fully saturated rings. The van der Waals surface area contributed by atoms with Gasteiger partial charge in [0.15, 0.2) is 0 Å². The molecule has 0 bridgehead atoms. The van der Waals surface area contributed by atoms with E-state index >= 15 is 0 Å². The van der Waals surface area contributed by atoms with Crippen molar-refractivity contribution < 1.29 is 9.53 Å². The Kier molecular flexibility index (Phi) is 4.77. The summed E-state index contributed by atoms with van der Waals surface area (Å²) < 4.78 is 5.20. The van der Waals surface area contributed by atoms with Gasteiger partial charge in [0.2, 0.25) is 0 Å². The average molecular weight is 243 g/mol. The molecule has 0 aliphatic carbocycles. The van der Waals surface area contributed by atoms with Crippen LogP contribution in [0.15, 0.2) is 0 Å². The molecule has 1 N–H and O–H groups in total. The van der Waals surface area contributed by atoms with Crippen molar-refractivity contribution in [2.45, 2.75) is 32.8 Å². The van der Waals surface area contributed by atoms with Crippen LogP contribution >= 0.6 is 0 Å². The second kappa shape index (κ2) is 5.69. The predicted octanol–water partition coefficient (Wildman–Crippen LogP) is 1.31. The first-order valence-electron chi connectivity index (χ1n) is 6.17. The van der Waals surface area contributed by atoms with Gasteiger partial charge >= 0.3 is 6.09 Å². The third-order valence-electron chi connectivity index (χ3n) is 2.76. The quantitative estimate of drug-likeness (QED) is 0.812. The van der Waals surface area contributed by atoms with E-state index in [1.165, 1.54) is 0 Å². The minimum Gasteiger partial charge on any atom is -0.444 e. The molecule has 1 rings (SSSR count). The highest BCUT2D eigenvalue weighted by Gasteiger charge is 2.24. The van der Waals surface area contributed by atoms with E-state index in [0.29, 0.717) is 12.5 Å². The number of hydrogen-bond donors (Lipinski definition) is 1. The van der Waals surface area contributed by atoms with Gasteiger partial charge in [-0.2, -0.15) is 0 Å². The van der Waals surface area contributed by atoms with E-state index in [2.05, 4.69) is 15.3 Å². The Labute approximate surface area is 104 Å². The van der Waals surface area contributed by atoms with Gasteiger partial charge in [-0.25, -0.2) is 14.8 Å². The standard InChI is InChI=1S/C12H25N3O2/c1-12(2,3)17-11(16)13-8-10-6-7-15(9-10)14(4)5/h10H,6-9H2,1-5H3,(H,13,16). The molecule has 1 atom stereocenters. The van der Waals surface area contributed by atoms with Crippen molar-refractivity contribution in [2.24, 2.45) is 5.92 Å². The number of alkyl carbamates (subject to hydrolysis) is 1. The molecule has 1 aliphatic heterocycles. The van der Waals surface area contributed by atoms with Gasteiger partial charge in [0.25, 0.3) is 0 Å². The summed E-state index contributed by atoms with van der Waals surface area (Å²) in [5.74, 6) is 0.518. The molecule has 0 radical (unpaired) electrons. The second-order valence-electron chi connectivity index (χ2n) is 5.80. The van der Waals surface area contributed by atoms with Crippen LogP contribution in [0, 0.1) is 5.92 Å². The van der Waals surface area contributed by atoms with Crippen molar-refractivity contribution in [1.82, 2.24) is 15.3 Å². The van der Waals surface area contributed by atoms with Gasteiger partial charge in [0, 0.05) is 33.7 Å². The predicted molar refractivity (Wildman–Crippen MR) is 67.6 cm³/mol. The Bertz CT molecular complexity index is 261. The van der Waals surface area contributed by atoms with Crippen LogP contribution in [0.3, 0.4) is 0 Å². The lowest BCUT2D eigenvalue weighted by Crippen LogP contribution is -2.38. The van der Waals surface area contributed by atoms with Gasteiger partial charge in [-0.05, 0) is 33.1 Å². The molecule has 1 aliphatic rings. The summed E-state index contributed by atoms with van der Waals surface area (Å²) in [5.41, 5.74) is -0.421. The summed E-state index contributed by atoms with van der Waals surface area (Å²) in [6, 6.07) is 0. The van der Waals surface area contributed by atoms with E-state index in [4.69, 9.17) is 4.74 Å².